The number of nitrogens with zero attached hydrogens (tertiary/aromatic N) is 3. The first-order chi connectivity index (χ1) is 17.3. The Hall–Kier alpha value is -4.02. The third-order valence-electron chi connectivity index (χ3n) is 6.66. The summed E-state index contributed by atoms with van der Waals surface area (Å²) in [7, 11) is 1.37. The lowest BCUT2D eigenvalue weighted by atomic mass is 9.93. The molecule has 1 N–H and O–H groups in total. The number of amides is 2. The Kier molecular flexibility index (Phi) is 7.47. The van der Waals surface area contributed by atoms with Crippen LogP contribution >= 0.6 is 0 Å². The molecule has 11 nitrogen and oxygen atoms in total. The molecule has 0 radical (unpaired) electrons. The fourth-order valence-corrected chi connectivity index (χ4v) is 4.70. The molecule has 190 valence electrons. The third kappa shape index (κ3) is 5.29. The molecule has 1 saturated heterocycles. The summed E-state index contributed by atoms with van der Waals surface area (Å²) in [6, 6.07) is 5.78. The number of furan rings is 1. The molecule has 1 fully saturated rings. The highest BCUT2D eigenvalue weighted by molar-refractivity contribution is 6.06. The van der Waals surface area contributed by atoms with E-state index >= 15 is 0 Å². The van der Waals surface area contributed by atoms with Crippen LogP contribution in [0.25, 0.3) is 0 Å². The number of ether oxygens (including phenoxy) is 1. The van der Waals surface area contributed by atoms with E-state index in [0.29, 0.717) is 61.4 Å². The topological polar surface area (TPSA) is 144 Å². The average molecular weight is 497 g/mol. The van der Waals surface area contributed by atoms with Crippen LogP contribution in [-0.2, 0) is 27.2 Å². The SMILES string of the molecule is COC(=O)C1CCN(C(=O)c2oc3c(c2C)/C(=N/NC(=O)Cc2ccc([N+](=O)[O-])cc2)CCC3)CC1. The van der Waals surface area contributed by atoms with Crippen LogP contribution in [0.4, 0.5) is 5.69 Å². The number of carbonyl (C=O) groups excluding carboxylic acids is 3. The number of methoxy groups -OCH3 is 1. The van der Waals surface area contributed by atoms with Crippen LogP contribution in [0.1, 0.15) is 58.7 Å². The lowest BCUT2D eigenvalue weighted by Crippen LogP contribution is -2.40. The summed E-state index contributed by atoms with van der Waals surface area (Å²) in [5.41, 5.74) is 5.25. The number of nitro groups is 1. The number of hydrogen-bond donors (Lipinski definition) is 1. The van der Waals surface area contributed by atoms with Crippen molar-refractivity contribution in [2.45, 2.75) is 45.4 Å². The van der Waals surface area contributed by atoms with E-state index in [-0.39, 0.29) is 41.6 Å². The maximum atomic E-state index is 13.2. The summed E-state index contributed by atoms with van der Waals surface area (Å²) in [6.45, 7) is 2.71. The molecular formula is C25H28N4O7. The summed E-state index contributed by atoms with van der Waals surface area (Å²) in [5.74, 6) is -0.0686. The van der Waals surface area contributed by atoms with Gasteiger partial charge in [0.15, 0.2) is 5.76 Å². The molecule has 0 unspecified atom stereocenters. The smallest absolute Gasteiger partial charge is 0.308 e. The molecular weight excluding hydrogens is 468 g/mol. The fourth-order valence-electron chi connectivity index (χ4n) is 4.70. The Bertz CT molecular complexity index is 1210. The number of fused-ring (bicyclic) bond motifs is 1. The molecule has 2 aliphatic rings. The zero-order valence-corrected chi connectivity index (χ0v) is 20.2. The summed E-state index contributed by atoms with van der Waals surface area (Å²) in [6.07, 6.45) is 3.19. The number of non-ortho nitro benzene ring substituents is 1. The van der Waals surface area contributed by atoms with Crippen molar-refractivity contribution in [2.75, 3.05) is 20.2 Å². The molecule has 4 rings (SSSR count). The van der Waals surface area contributed by atoms with E-state index < -0.39 is 4.92 Å². The molecule has 0 spiro atoms. The fraction of sp³-hybridized carbons (Fsp3) is 0.440. The van der Waals surface area contributed by atoms with Crippen molar-refractivity contribution >= 4 is 29.2 Å². The van der Waals surface area contributed by atoms with Crippen LogP contribution in [0.2, 0.25) is 0 Å². The van der Waals surface area contributed by atoms with E-state index in [1.165, 1.54) is 31.4 Å². The monoisotopic (exact) mass is 496 g/mol. The first-order valence-electron chi connectivity index (χ1n) is 11.9. The number of carbonyl (C=O) groups is 3. The van der Waals surface area contributed by atoms with Crippen LogP contribution in [0.5, 0.6) is 0 Å². The van der Waals surface area contributed by atoms with Gasteiger partial charge in [-0.25, -0.2) is 5.43 Å². The van der Waals surface area contributed by atoms with Gasteiger partial charge in [-0.15, -0.1) is 0 Å². The van der Waals surface area contributed by atoms with E-state index in [2.05, 4.69) is 10.5 Å². The molecule has 1 aliphatic heterocycles. The summed E-state index contributed by atoms with van der Waals surface area (Å²) in [5, 5.41) is 15.1. The number of likely N-dealkylation sites (tertiary alicyclic amines) is 1. The van der Waals surface area contributed by atoms with E-state index in [1.807, 2.05) is 6.92 Å². The van der Waals surface area contributed by atoms with Gasteiger partial charge in [-0.05, 0) is 38.2 Å². The number of piperidine rings is 1. The van der Waals surface area contributed by atoms with Gasteiger partial charge in [0.1, 0.15) is 5.76 Å². The molecule has 0 bridgehead atoms. The maximum absolute atomic E-state index is 13.2. The highest BCUT2D eigenvalue weighted by Gasteiger charge is 2.33. The summed E-state index contributed by atoms with van der Waals surface area (Å²) >= 11 is 0. The Morgan fingerprint density at radius 2 is 1.89 bits per heavy atom. The minimum Gasteiger partial charge on any atom is -0.469 e. The minimum absolute atomic E-state index is 0.0251. The predicted molar refractivity (Wildman–Crippen MR) is 129 cm³/mol. The number of hydrazone groups is 1. The molecule has 2 aromatic rings. The van der Waals surface area contributed by atoms with Gasteiger partial charge in [-0.2, -0.15) is 5.10 Å². The third-order valence-corrected chi connectivity index (χ3v) is 6.66. The van der Waals surface area contributed by atoms with Crippen LogP contribution in [0, 0.1) is 23.0 Å². The van der Waals surface area contributed by atoms with Crippen LogP contribution in [0.3, 0.4) is 0 Å². The Morgan fingerprint density at radius 3 is 2.53 bits per heavy atom. The predicted octanol–water partition coefficient (Wildman–Crippen LogP) is 2.92. The minimum atomic E-state index is -0.493. The molecule has 2 heterocycles. The van der Waals surface area contributed by atoms with Crippen molar-refractivity contribution in [1.29, 1.82) is 0 Å². The van der Waals surface area contributed by atoms with Gasteiger partial charge in [0.25, 0.3) is 11.6 Å². The molecule has 36 heavy (non-hydrogen) atoms. The van der Waals surface area contributed by atoms with Gasteiger partial charge >= 0.3 is 5.97 Å². The molecule has 1 aliphatic carbocycles. The van der Waals surface area contributed by atoms with Crippen molar-refractivity contribution in [2.24, 2.45) is 11.0 Å². The van der Waals surface area contributed by atoms with Gasteiger partial charge < -0.3 is 14.1 Å². The average Bonchev–Trinajstić information content (AvgIpc) is 3.23. The standard InChI is InChI=1S/C25H28N4O7/c1-15-22-19(26-27-21(30)14-16-6-8-18(9-7-16)29(33)34)4-3-5-20(22)36-23(15)24(31)28-12-10-17(11-13-28)25(32)35-2/h6-9,17H,3-5,10-14H2,1-2H3,(H,27,30)/b26-19+. The molecule has 11 heteroatoms. The highest BCUT2D eigenvalue weighted by atomic mass is 16.6. The molecule has 1 aromatic heterocycles. The molecule has 0 atom stereocenters. The van der Waals surface area contributed by atoms with Crippen LogP contribution < -0.4 is 5.43 Å². The zero-order valence-electron chi connectivity index (χ0n) is 20.2. The van der Waals surface area contributed by atoms with Crippen molar-refractivity contribution in [3.05, 3.63) is 62.6 Å². The Labute approximate surface area is 207 Å². The van der Waals surface area contributed by atoms with Crippen molar-refractivity contribution in [1.82, 2.24) is 10.3 Å². The number of nitrogens with one attached hydrogen (secondary N) is 1. The first-order valence-corrected chi connectivity index (χ1v) is 11.9. The number of rotatable bonds is 6. The Morgan fingerprint density at radius 1 is 1.19 bits per heavy atom. The largest absolute Gasteiger partial charge is 0.469 e. The van der Waals surface area contributed by atoms with E-state index in [1.54, 1.807) is 4.90 Å². The molecule has 1 aromatic carbocycles. The number of benzene rings is 1. The highest BCUT2D eigenvalue weighted by Crippen LogP contribution is 2.31. The van der Waals surface area contributed by atoms with Gasteiger partial charge in [0.05, 0.1) is 30.1 Å². The number of aryl methyl sites for hydroxylation is 1. The van der Waals surface area contributed by atoms with Crippen molar-refractivity contribution in [3.8, 4) is 0 Å². The normalized spacial score (nSPS) is 16.9. The van der Waals surface area contributed by atoms with Gasteiger partial charge in [-0.1, -0.05) is 12.1 Å². The zero-order chi connectivity index (χ0) is 25.8. The van der Waals surface area contributed by atoms with E-state index in [4.69, 9.17) is 9.15 Å². The Balaban J connectivity index is 1.43. The first kappa shape index (κ1) is 25.1. The molecule has 0 saturated carbocycles. The second kappa shape index (κ2) is 10.7. The van der Waals surface area contributed by atoms with Crippen molar-refractivity contribution in [3.63, 3.8) is 0 Å². The second-order valence-corrected chi connectivity index (χ2v) is 8.99. The van der Waals surface area contributed by atoms with Crippen LogP contribution in [-0.4, -0.2) is 53.5 Å². The van der Waals surface area contributed by atoms with Gasteiger partial charge in [-0.3, -0.25) is 24.5 Å². The van der Waals surface area contributed by atoms with E-state index in [9.17, 15) is 24.5 Å². The lowest BCUT2D eigenvalue weighted by Gasteiger charge is -2.30. The van der Waals surface area contributed by atoms with Gasteiger partial charge in [0, 0.05) is 42.8 Å². The summed E-state index contributed by atoms with van der Waals surface area (Å²) < 4.78 is 10.8. The van der Waals surface area contributed by atoms with E-state index in [0.717, 1.165) is 12.0 Å². The quantitative estimate of drug-likeness (QED) is 0.368. The number of esters is 1. The van der Waals surface area contributed by atoms with Gasteiger partial charge in [0.2, 0.25) is 5.91 Å². The lowest BCUT2D eigenvalue weighted by molar-refractivity contribution is -0.384. The second-order valence-electron chi connectivity index (χ2n) is 8.99. The summed E-state index contributed by atoms with van der Waals surface area (Å²) in [4.78, 5) is 49.4. The number of nitro benzene ring substituents is 1. The number of hydrogen-bond acceptors (Lipinski definition) is 8. The van der Waals surface area contributed by atoms with Crippen LogP contribution in [0.15, 0.2) is 33.8 Å². The molecule has 2 amide bonds. The van der Waals surface area contributed by atoms with Crippen molar-refractivity contribution < 1.29 is 28.5 Å². The maximum Gasteiger partial charge on any atom is 0.308 e.